The molecule has 1 aliphatic rings. The minimum Gasteiger partial charge on any atom is -0.375 e. The minimum absolute atomic E-state index is 0.0662. The molecule has 1 N–H and O–H groups in total. The molecule has 2 heteroatoms. The number of rotatable bonds is 8. The Morgan fingerprint density at radius 3 is 2.61 bits per heavy atom. The van der Waals surface area contributed by atoms with Gasteiger partial charge in [0.15, 0.2) is 0 Å². The Hall–Kier alpha value is -0.0800. The highest BCUT2D eigenvalue weighted by Crippen LogP contribution is 2.24. The van der Waals surface area contributed by atoms with Crippen LogP contribution >= 0.6 is 0 Å². The maximum absolute atomic E-state index is 5.76. The van der Waals surface area contributed by atoms with Gasteiger partial charge in [-0.25, -0.2) is 0 Å². The molecule has 1 fully saturated rings. The van der Waals surface area contributed by atoms with Crippen LogP contribution in [0.15, 0.2) is 0 Å². The number of hydrogen-bond donors (Lipinski definition) is 1. The SMILES string of the molecule is CCCCCCCC(C)NC1CCOC(C)(C)C1. The molecule has 0 bridgehead atoms. The van der Waals surface area contributed by atoms with Crippen molar-refractivity contribution in [1.82, 2.24) is 5.32 Å². The Labute approximate surface area is 114 Å². The molecule has 0 spiro atoms. The summed E-state index contributed by atoms with van der Waals surface area (Å²) in [5.41, 5.74) is 0.0662. The molecule has 0 amide bonds. The van der Waals surface area contributed by atoms with Gasteiger partial charge < -0.3 is 10.1 Å². The largest absolute Gasteiger partial charge is 0.375 e. The zero-order chi connectivity index (χ0) is 13.4. The minimum atomic E-state index is 0.0662. The molecule has 0 aromatic heterocycles. The third kappa shape index (κ3) is 6.75. The van der Waals surface area contributed by atoms with Crippen molar-refractivity contribution in [2.45, 2.75) is 96.7 Å². The van der Waals surface area contributed by atoms with Crippen LogP contribution in [0.25, 0.3) is 0 Å². The number of unbranched alkanes of at least 4 members (excludes halogenated alkanes) is 4. The number of nitrogens with one attached hydrogen (secondary N) is 1. The van der Waals surface area contributed by atoms with Crippen LogP contribution in [0, 0.1) is 0 Å². The standard InChI is InChI=1S/C16H33NO/c1-5-6-7-8-9-10-14(2)17-15-11-12-18-16(3,4)13-15/h14-15,17H,5-13H2,1-4H3. The van der Waals surface area contributed by atoms with Crippen molar-refractivity contribution in [3.63, 3.8) is 0 Å². The van der Waals surface area contributed by atoms with Gasteiger partial charge in [0.2, 0.25) is 0 Å². The molecule has 1 rings (SSSR count). The van der Waals surface area contributed by atoms with Gasteiger partial charge >= 0.3 is 0 Å². The van der Waals surface area contributed by atoms with Crippen molar-refractivity contribution >= 4 is 0 Å². The van der Waals surface area contributed by atoms with E-state index in [0.717, 1.165) is 13.0 Å². The first-order chi connectivity index (χ1) is 8.53. The van der Waals surface area contributed by atoms with Crippen molar-refractivity contribution in [3.05, 3.63) is 0 Å². The van der Waals surface area contributed by atoms with Crippen LogP contribution in [0.5, 0.6) is 0 Å². The fourth-order valence-corrected chi connectivity index (χ4v) is 2.91. The molecule has 2 nitrogen and oxygen atoms in total. The van der Waals surface area contributed by atoms with Crippen LogP contribution in [0.1, 0.15) is 79.1 Å². The summed E-state index contributed by atoms with van der Waals surface area (Å²) in [5.74, 6) is 0. The Bertz CT molecular complexity index is 215. The first kappa shape index (κ1) is 16.0. The second-order valence-electron chi connectivity index (χ2n) is 6.57. The first-order valence-electron chi connectivity index (χ1n) is 7.93. The summed E-state index contributed by atoms with van der Waals surface area (Å²) < 4.78 is 5.76. The summed E-state index contributed by atoms with van der Waals surface area (Å²) >= 11 is 0. The highest BCUT2D eigenvalue weighted by atomic mass is 16.5. The molecule has 0 radical (unpaired) electrons. The number of ether oxygens (including phenoxy) is 1. The lowest BCUT2D eigenvalue weighted by molar-refractivity contribution is -0.0640. The second-order valence-corrected chi connectivity index (χ2v) is 6.57. The van der Waals surface area contributed by atoms with Crippen molar-refractivity contribution in [2.75, 3.05) is 6.61 Å². The second kappa shape index (κ2) is 8.16. The van der Waals surface area contributed by atoms with Gasteiger partial charge in [0.05, 0.1) is 5.60 Å². The van der Waals surface area contributed by atoms with E-state index >= 15 is 0 Å². The normalized spacial score (nSPS) is 25.0. The topological polar surface area (TPSA) is 21.3 Å². The Balaban J connectivity index is 2.10. The molecule has 18 heavy (non-hydrogen) atoms. The van der Waals surface area contributed by atoms with Gasteiger partial charge in [-0.3, -0.25) is 0 Å². The van der Waals surface area contributed by atoms with E-state index in [9.17, 15) is 0 Å². The van der Waals surface area contributed by atoms with E-state index in [1.807, 2.05) is 0 Å². The smallest absolute Gasteiger partial charge is 0.0641 e. The van der Waals surface area contributed by atoms with Crippen LogP contribution in [0.3, 0.4) is 0 Å². The molecule has 0 saturated carbocycles. The van der Waals surface area contributed by atoms with E-state index < -0.39 is 0 Å². The molecule has 1 saturated heterocycles. The third-order valence-electron chi connectivity index (χ3n) is 3.96. The number of hydrogen-bond acceptors (Lipinski definition) is 2. The fraction of sp³-hybridized carbons (Fsp3) is 1.00. The van der Waals surface area contributed by atoms with Crippen LogP contribution < -0.4 is 5.32 Å². The van der Waals surface area contributed by atoms with E-state index in [2.05, 4.69) is 33.0 Å². The average molecular weight is 255 g/mol. The fourth-order valence-electron chi connectivity index (χ4n) is 2.91. The quantitative estimate of drug-likeness (QED) is 0.654. The van der Waals surface area contributed by atoms with Crippen molar-refractivity contribution in [1.29, 1.82) is 0 Å². The maximum atomic E-state index is 5.76. The van der Waals surface area contributed by atoms with E-state index in [-0.39, 0.29) is 5.60 Å². The molecule has 1 aliphatic heterocycles. The Morgan fingerprint density at radius 2 is 1.94 bits per heavy atom. The van der Waals surface area contributed by atoms with Gasteiger partial charge in [-0.15, -0.1) is 0 Å². The molecular formula is C16H33NO. The third-order valence-corrected chi connectivity index (χ3v) is 3.96. The summed E-state index contributed by atoms with van der Waals surface area (Å²) in [6, 6.07) is 1.31. The van der Waals surface area contributed by atoms with Gasteiger partial charge in [-0.2, -0.15) is 0 Å². The van der Waals surface area contributed by atoms with Crippen LogP contribution in [0.4, 0.5) is 0 Å². The predicted octanol–water partition coefficient (Wildman–Crippen LogP) is 4.28. The summed E-state index contributed by atoms with van der Waals surface area (Å²) in [6.45, 7) is 9.93. The lowest BCUT2D eigenvalue weighted by Crippen LogP contribution is -2.46. The molecule has 2 atom stereocenters. The van der Waals surface area contributed by atoms with Crippen molar-refractivity contribution in [3.8, 4) is 0 Å². The predicted molar refractivity (Wildman–Crippen MR) is 79.0 cm³/mol. The maximum Gasteiger partial charge on any atom is 0.0641 e. The molecule has 2 unspecified atom stereocenters. The van der Waals surface area contributed by atoms with Gasteiger partial charge in [0, 0.05) is 18.7 Å². The van der Waals surface area contributed by atoms with Gasteiger partial charge in [0.1, 0.15) is 0 Å². The van der Waals surface area contributed by atoms with Crippen molar-refractivity contribution in [2.24, 2.45) is 0 Å². The molecule has 0 aromatic rings. The molecule has 0 aromatic carbocycles. The van der Waals surface area contributed by atoms with E-state index in [0.29, 0.717) is 12.1 Å². The van der Waals surface area contributed by atoms with Crippen LogP contribution in [-0.4, -0.2) is 24.3 Å². The zero-order valence-electron chi connectivity index (χ0n) is 12.9. The van der Waals surface area contributed by atoms with E-state index in [4.69, 9.17) is 4.74 Å². The Morgan fingerprint density at radius 1 is 1.22 bits per heavy atom. The van der Waals surface area contributed by atoms with Crippen molar-refractivity contribution < 1.29 is 4.74 Å². The van der Waals surface area contributed by atoms with Crippen LogP contribution in [-0.2, 0) is 4.74 Å². The zero-order valence-corrected chi connectivity index (χ0v) is 12.9. The van der Waals surface area contributed by atoms with Gasteiger partial charge in [-0.1, -0.05) is 39.0 Å². The summed E-state index contributed by atoms with van der Waals surface area (Å²) in [5, 5.41) is 3.79. The lowest BCUT2D eigenvalue weighted by Gasteiger charge is -2.37. The lowest BCUT2D eigenvalue weighted by atomic mass is 9.93. The van der Waals surface area contributed by atoms with Crippen LogP contribution in [0.2, 0.25) is 0 Å². The van der Waals surface area contributed by atoms with E-state index in [1.165, 1.54) is 44.9 Å². The summed E-state index contributed by atoms with van der Waals surface area (Å²) in [4.78, 5) is 0. The average Bonchev–Trinajstić information content (AvgIpc) is 2.27. The highest BCUT2D eigenvalue weighted by Gasteiger charge is 2.29. The molecular weight excluding hydrogens is 222 g/mol. The van der Waals surface area contributed by atoms with Gasteiger partial charge in [-0.05, 0) is 40.0 Å². The van der Waals surface area contributed by atoms with Gasteiger partial charge in [0.25, 0.3) is 0 Å². The first-order valence-corrected chi connectivity index (χ1v) is 7.93. The summed E-state index contributed by atoms with van der Waals surface area (Å²) in [7, 11) is 0. The highest BCUT2D eigenvalue weighted by molar-refractivity contribution is 4.84. The molecule has 1 heterocycles. The molecule has 0 aliphatic carbocycles. The van der Waals surface area contributed by atoms with E-state index in [1.54, 1.807) is 0 Å². The Kier molecular flexibility index (Phi) is 7.25. The monoisotopic (exact) mass is 255 g/mol. The summed E-state index contributed by atoms with van der Waals surface area (Å²) in [6.07, 6.45) is 10.6. The molecule has 108 valence electrons.